The Labute approximate surface area is 144 Å². The SMILES string of the molecule is C=C(C)COCC(COCC1COC(C)(C)O1)OCCC(=O)OC. The van der Waals surface area contributed by atoms with Gasteiger partial charge in [0, 0.05) is 0 Å². The van der Waals surface area contributed by atoms with Gasteiger partial charge in [0.05, 0.1) is 53.2 Å². The summed E-state index contributed by atoms with van der Waals surface area (Å²) in [6.07, 6.45) is -0.169. The van der Waals surface area contributed by atoms with E-state index >= 15 is 0 Å². The van der Waals surface area contributed by atoms with Gasteiger partial charge < -0.3 is 28.4 Å². The summed E-state index contributed by atoms with van der Waals surface area (Å²) in [5, 5.41) is 0. The number of methoxy groups -OCH3 is 1. The Morgan fingerprint density at radius 3 is 2.62 bits per heavy atom. The van der Waals surface area contributed by atoms with Crippen molar-refractivity contribution >= 4 is 5.97 Å². The van der Waals surface area contributed by atoms with Crippen LogP contribution in [-0.4, -0.2) is 70.7 Å². The molecule has 0 aromatic rings. The third-order valence-corrected chi connectivity index (χ3v) is 3.21. The molecule has 1 heterocycles. The van der Waals surface area contributed by atoms with E-state index in [-0.39, 0.29) is 31.2 Å². The quantitative estimate of drug-likeness (QED) is 0.393. The minimum atomic E-state index is -0.560. The van der Waals surface area contributed by atoms with Crippen molar-refractivity contribution in [3.63, 3.8) is 0 Å². The van der Waals surface area contributed by atoms with Gasteiger partial charge in [-0.05, 0) is 20.8 Å². The molecule has 1 aliphatic heterocycles. The molecule has 1 fully saturated rings. The van der Waals surface area contributed by atoms with Gasteiger partial charge in [-0.15, -0.1) is 0 Å². The van der Waals surface area contributed by atoms with Crippen molar-refractivity contribution in [3.05, 3.63) is 12.2 Å². The Kier molecular flexibility index (Phi) is 9.46. The van der Waals surface area contributed by atoms with Gasteiger partial charge >= 0.3 is 5.97 Å². The number of carbonyl (C=O) groups is 1. The van der Waals surface area contributed by atoms with Crippen LogP contribution in [0.25, 0.3) is 0 Å². The molecule has 1 saturated heterocycles. The first kappa shape index (κ1) is 21.1. The Balaban J connectivity index is 2.28. The second kappa shape index (κ2) is 10.8. The topological polar surface area (TPSA) is 72.5 Å². The molecule has 0 aromatic heterocycles. The van der Waals surface area contributed by atoms with Gasteiger partial charge in [0.25, 0.3) is 0 Å². The van der Waals surface area contributed by atoms with E-state index in [9.17, 15) is 4.79 Å². The normalized spacial score (nSPS) is 20.8. The van der Waals surface area contributed by atoms with Crippen molar-refractivity contribution in [2.24, 2.45) is 0 Å². The maximum Gasteiger partial charge on any atom is 0.307 e. The van der Waals surface area contributed by atoms with Gasteiger partial charge in [-0.25, -0.2) is 0 Å². The third-order valence-electron chi connectivity index (χ3n) is 3.21. The molecule has 0 aromatic carbocycles. The van der Waals surface area contributed by atoms with Crippen LogP contribution in [-0.2, 0) is 33.2 Å². The number of rotatable bonds is 12. The zero-order chi connectivity index (χ0) is 18.0. The first-order chi connectivity index (χ1) is 11.3. The van der Waals surface area contributed by atoms with Crippen LogP contribution in [0.4, 0.5) is 0 Å². The fraction of sp³-hybridized carbons (Fsp3) is 0.824. The van der Waals surface area contributed by atoms with Crippen LogP contribution < -0.4 is 0 Å². The van der Waals surface area contributed by atoms with Crippen LogP contribution in [0.15, 0.2) is 12.2 Å². The average Bonchev–Trinajstić information content (AvgIpc) is 2.85. The molecule has 2 atom stereocenters. The fourth-order valence-corrected chi connectivity index (χ4v) is 2.10. The molecule has 0 spiro atoms. The monoisotopic (exact) mass is 346 g/mol. The molecule has 7 nitrogen and oxygen atoms in total. The maximum absolute atomic E-state index is 11.1. The highest BCUT2D eigenvalue weighted by Crippen LogP contribution is 2.22. The van der Waals surface area contributed by atoms with E-state index in [0.29, 0.717) is 33.0 Å². The average molecular weight is 346 g/mol. The molecule has 7 heteroatoms. The van der Waals surface area contributed by atoms with Crippen molar-refractivity contribution in [1.82, 2.24) is 0 Å². The third kappa shape index (κ3) is 9.34. The van der Waals surface area contributed by atoms with E-state index in [1.165, 1.54) is 7.11 Å². The zero-order valence-electron chi connectivity index (χ0n) is 15.2. The maximum atomic E-state index is 11.1. The second-order valence-electron chi connectivity index (χ2n) is 6.28. The predicted molar refractivity (Wildman–Crippen MR) is 87.7 cm³/mol. The number of esters is 1. The van der Waals surface area contributed by atoms with E-state index in [2.05, 4.69) is 11.3 Å². The van der Waals surface area contributed by atoms with Crippen molar-refractivity contribution in [3.8, 4) is 0 Å². The molecular weight excluding hydrogens is 316 g/mol. The van der Waals surface area contributed by atoms with E-state index < -0.39 is 5.79 Å². The van der Waals surface area contributed by atoms with Crippen LogP contribution in [0.5, 0.6) is 0 Å². The highest BCUT2D eigenvalue weighted by atomic mass is 16.7. The highest BCUT2D eigenvalue weighted by Gasteiger charge is 2.32. The lowest BCUT2D eigenvalue weighted by molar-refractivity contribution is -0.148. The first-order valence-corrected chi connectivity index (χ1v) is 8.12. The molecular formula is C17H30O7. The lowest BCUT2D eigenvalue weighted by Crippen LogP contribution is -2.30. The van der Waals surface area contributed by atoms with Gasteiger partial charge in [-0.1, -0.05) is 12.2 Å². The van der Waals surface area contributed by atoms with E-state index in [1.54, 1.807) is 0 Å². The van der Waals surface area contributed by atoms with E-state index in [4.69, 9.17) is 23.7 Å². The number of hydrogen-bond donors (Lipinski definition) is 0. The summed E-state index contributed by atoms with van der Waals surface area (Å²) in [5.41, 5.74) is 0.933. The Hall–Kier alpha value is -0.990. The lowest BCUT2D eigenvalue weighted by atomic mass is 10.3. The van der Waals surface area contributed by atoms with Crippen LogP contribution >= 0.6 is 0 Å². The van der Waals surface area contributed by atoms with Crippen molar-refractivity contribution in [2.75, 3.05) is 46.8 Å². The Bertz CT molecular complexity index is 394. The minimum absolute atomic E-state index is 0.0907. The van der Waals surface area contributed by atoms with Gasteiger partial charge in [0.15, 0.2) is 5.79 Å². The first-order valence-electron chi connectivity index (χ1n) is 8.12. The highest BCUT2D eigenvalue weighted by molar-refractivity contribution is 5.69. The minimum Gasteiger partial charge on any atom is -0.469 e. The number of hydrogen-bond acceptors (Lipinski definition) is 7. The molecule has 0 radical (unpaired) electrons. The van der Waals surface area contributed by atoms with E-state index in [0.717, 1.165) is 5.57 Å². The number of carbonyl (C=O) groups excluding carboxylic acids is 1. The van der Waals surface area contributed by atoms with Crippen molar-refractivity contribution < 1.29 is 33.2 Å². The summed E-state index contributed by atoms with van der Waals surface area (Å²) in [7, 11) is 1.35. The molecule has 0 aliphatic carbocycles. The predicted octanol–water partition coefficient (Wildman–Crippen LogP) is 1.70. The van der Waals surface area contributed by atoms with Gasteiger partial charge in [-0.2, -0.15) is 0 Å². The second-order valence-corrected chi connectivity index (χ2v) is 6.28. The molecule has 1 aliphatic rings. The lowest BCUT2D eigenvalue weighted by Gasteiger charge is -2.20. The molecule has 0 N–H and O–H groups in total. The standard InChI is InChI=1S/C17H30O7/c1-13(2)8-20-9-14(22-7-6-16(18)19-5)10-21-11-15-12-23-17(3,4)24-15/h14-15H,1,6-12H2,2-5H3. The molecule has 0 bridgehead atoms. The summed E-state index contributed by atoms with van der Waals surface area (Å²) < 4.78 is 32.6. The summed E-state index contributed by atoms with van der Waals surface area (Å²) in [6, 6.07) is 0. The number of ether oxygens (including phenoxy) is 6. The fourth-order valence-electron chi connectivity index (χ4n) is 2.10. The largest absolute Gasteiger partial charge is 0.469 e. The van der Waals surface area contributed by atoms with Gasteiger partial charge in [-0.3, -0.25) is 4.79 Å². The smallest absolute Gasteiger partial charge is 0.307 e. The molecule has 0 saturated carbocycles. The molecule has 140 valence electrons. The zero-order valence-corrected chi connectivity index (χ0v) is 15.2. The van der Waals surface area contributed by atoms with Crippen LogP contribution in [0.1, 0.15) is 27.2 Å². The van der Waals surface area contributed by atoms with E-state index in [1.807, 2.05) is 20.8 Å². The summed E-state index contributed by atoms with van der Waals surface area (Å²) >= 11 is 0. The summed E-state index contributed by atoms with van der Waals surface area (Å²) in [6.45, 7) is 11.8. The Morgan fingerprint density at radius 1 is 1.33 bits per heavy atom. The molecule has 24 heavy (non-hydrogen) atoms. The van der Waals surface area contributed by atoms with Crippen LogP contribution in [0, 0.1) is 0 Å². The summed E-state index contributed by atoms with van der Waals surface area (Å²) in [5.74, 6) is -0.869. The van der Waals surface area contributed by atoms with Crippen LogP contribution in [0.3, 0.4) is 0 Å². The van der Waals surface area contributed by atoms with Crippen LogP contribution in [0.2, 0.25) is 0 Å². The molecule has 1 rings (SSSR count). The van der Waals surface area contributed by atoms with Gasteiger partial charge in [0.1, 0.15) is 12.2 Å². The Morgan fingerprint density at radius 2 is 2.04 bits per heavy atom. The van der Waals surface area contributed by atoms with Gasteiger partial charge in [0.2, 0.25) is 0 Å². The molecule has 2 unspecified atom stereocenters. The summed E-state index contributed by atoms with van der Waals surface area (Å²) in [4.78, 5) is 11.1. The van der Waals surface area contributed by atoms with Crippen molar-refractivity contribution in [2.45, 2.75) is 45.2 Å². The molecule has 0 amide bonds. The van der Waals surface area contributed by atoms with Crippen molar-refractivity contribution in [1.29, 1.82) is 0 Å².